The molecule has 0 aliphatic heterocycles. The van der Waals surface area contributed by atoms with Crippen LogP contribution in [0.2, 0.25) is 0 Å². The fourth-order valence-corrected chi connectivity index (χ4v) is 2.54. The summed E-state index contributed by atoms with van der Waals surface area (Å²) in [6.45, 7) is 1.43. The summed E-state index contributed by atoms with van der Waals surface area (Å²) in [6.07, 6.45) is 1.76. The second-order valence-electron chi connectivity index (χ2n) is 5.18. The Labute approximate surface area is 137 Å². The molecule has 7 nitrogen and oxygen atoms in total. The molecule has 0 atom stereocenters. The van der Waals surface area contributed by atoms with Crippen molar-refractivity contribution < 1.29 is 9.53 Å². The molecule has 3 aromatic rings. The summed E-state index contributed by atoms with van der Waals surface area (Å²) in [6, 6.07) is 7.20. The van der Waals surface area contributed by atoms with E-state index in [4.69, 9.17) is 4.74 Å². The number of aromatic nitrogens is 3. The minimum Gasteiger partial charge on any atom is -0.492 e. The first-order valence-electron chi connectivity index (χ1n) is 7.10. The molecule has 0 aliphatic carbocycles. The zero-order chi connectivity index (χ0) is 16.2. The van der Waals surface area contributed by atoms with Crippen LogP contribution in [0.3, 0.4) is 0 Å². The van der Waals surface area contributed by atoms with E-state index in [-0.39, 0.29) is 11.9 Å². The molecule has 1 N–H and O–H groups in total. The summed E-state index contributed by atoms with van der Waals surface area (Å²) in [5, 5.41) is 8.77. The number of carbonyl (C=O) groups is 1. The van der Waals surface area contributed by atoms with E-state index < -0.39 is 0 Å². The van der Waals surface area contributed by atoms with Crippen molar-refractivity contribution in [1.29, 1.82) is 0 Å². The lowest BCUT2D eigenvalue weighted by Crippen LogP contribution is -2.19. The lowest BCUT2D eigenvalue weighted by Gasteiger charge is -2.10. The molecule has 0 aromatic carbocycles. The van der Waals surface area contributed by atoms with Gasteiger partial charge in [-0.15, -0.1) is 16.4 Å². The van der Waals surface area contributed by atoms with Gasteiger partial charge in [0, 0.05) is 18.8 Å². The molecule has 0 saturated carbocycles. The van der Waals surface area contributed by atoms with E-state index in [1.54, 1.807) is 22.8 Å². The molecule has 0 fully saturated rings. The quantitative estimate of drug-likeness (QED) is 0.748. The van der Waals surface area contributed by atoms with Crippen LogP contribution in [-0.4, -0.2) is 52.7 Å². The summed E-state index contributed by atoms with van der Waals surface area (Å²) in [7, 11) is 3.99. The molecule has 0 spiro atoms. The van der Waals surface area contributed by atoms with Crippen molar-refractivity contribution in [2.45, 2.75) is 0 Å². The number of carbonyl (C=O) groups excluding carboxylic acids is 1. The monoisotopic (exact) mass is 331 g/mol. The number of nitrogens with one attached hydrogen (secondary N) is 1. The third-order valence-corrected chi connectivity index (χ3v) is 3.96. The fraction of sp³-hybridized carbons (Fsp3) is 0.267. The maximum absolute atomic E-state index is 12.0. The molecule has 23 heavy (non-hydrogen) atoms. The highest BCUT2D eigenvalue weighted by Gasteiger charge is 2.11. The zero-order valence-electron chi connectivity index (χ0n) is 12.9. The van der Waals surface area contributed by atoms with E-state index in [1.807, 2.05) is 36.5 Å². The standard InChI is InChI=1S/C15H17N5O2S/c1-19(2)7-8-22-11-5-6-20-13(10-11)16-15(18-20)17-14(21)12-4-3-9-23-12/h3-6,9-10H,7-8H2,1-2H3,(H,17,18,21). The minimum atomic E-state index is -0.210. The summed E-state index contributed by atoms with van der Waals surface area (Å²) < 4.78 is 7.27. The number of hydrogen-bond donors (Lipinski definition) is 1. The van der Waals surface area contributed by atoms with Gasteiger partial charge >= 0.3 is 0 Å². The average Bonchev–Trinajstić information content (AvgIpc) is 3.15. The maximum atomic E-state index is 12.0. The number of amides is 1. The molecule has 0 bridgehead atoms. The van der Waals surface area contributed by atoms with Crippen molar-refractivity contribution in [2.24, 2.45) is 0 Å². The van der Waals surface area contributed by atoms with Crippen LogP contribution in [0.5, 0.6) is 5.75 Å². The van der Waals surface area contributed by atoms with E-state index in [2.05, 4.69) is 15.4 Å². The molecule has 3 heterocycles. The number of thiophene rings is 1. The van der Waals surface area contributed by atoms with E-state index in [9.17, 15) is 4.79 Å². The number of nitrogens with zero attached hydrogens (tertiary/aromatic N) is 4. The first-order valence-corrected chi connectivity index (χ1v) is 7.98. The normalized spacial score (nSPS) is 11.1. The Morgan fingerprint density at radius 1 is 1.43 bits per heavy atom. The third-order valence-electron chi connectivity index (χ3n) is 3.09. The van der Waals surface area contributed by atoms with Gasteiger partial charge in [-0.25, -0.2) is 4.52 Å². The number of rotatable bonds is 6. The van der Waals surface area contributed by atoms with Gasteiger partial charge in [0.05, 0.1) is 4.88 Å². The summed E-state index contributed by atoms with van der Waals surface area (Å²) >= 11 is 1.37. The highest BCUT2D eigenvalue weighted by atomic mass is 32.1. The van der Waals surface area contributed by atoms with Gasteiger partial charge in [0.1, 0.15) is 12.4 Å². The van der Waals surface area contributed by atoms with Gasteiger partial charge in [-0.1, -0.05) is 6.07 Å². The molecule has 0 radical (unpaired) electrons. The predicted octanol–water partition coefficient (Wildman–Crippen LogP) is 1.98. The lowest BCUT2D eigenvalue weighted by atomic mass is 10.4. The molecule has 1 amide bonds. The van der Waals surface area contributed by atoms with Crippen molar-refractivity contribution in [1.82, 2.24) is 19.5 Å². The smallest absolute Gasteiger partial charge is 0.268 e. The number of ether oxygens (including phenoxy) is 1. The molecule has 120 valence electrons. The van der Waals surface area contributed by atoms with Crippen LogP contribution in [0, 0.1) is 0 Å². The fourth-order valence-electron chi connectivity index (χ4n) is 1.92. The van der Waals surface area contributed by atoms with Crippen LogP contribution in [0.1, 0.15) is 9.67 Å². The number of likely N-dealkylation sites (N-methyl/N-ethyl adjacent to an activating group) is 1. The Hall–Kier alpha value is -2.45. The Morgan fingerprint density at radius 3 is 3.04 bits per heavy atom. The zero-order valence-corrected chi connectivity index (χ0v) is 13.7. The molecular formula is C15H17N5O2S. The highest BCUT2D eigenvalue weighted by Crippen LogP contribution is 2.16. The van der Waals surface area contributed by atoms with E-state index in [1.165, 1.54) is 11.3 Å². The lowest BCUT2D eigenvalue weighted by molar-refractivity contribution is 0.102. The second kappa shape index (κ2) is 6.76. The molecule has 3 rings (SSSR count). The van der Waals surface area contributed by atoms with Crippen molar-refractivity contribution in [3.63, 3.8) is 0 Å². The summed E-state index contributed by atoms with van der Waals surface area (Å²) in [4.78, 5) is 19.0. The predicted molar refractivity (Wildman–Crippen MR) is 89.3 cm³/mol. The Kier molecular flexibility index (Phi) is 4.54. The Balaban J connectivity index is 1.70. The van der Waals surface area contributed by atoms with Crippen LogP contribution in [0.15, 0.2) is 35.8 Å². The molecular weight excluding hydrogens is 314 g/mol. The molecule has 0 aliphatic rings. The van der Waals surface area contributed by atoms with Crippen LogP contribution in [-0.2, 0) is 0 Å². The minimum absolute atomic E-state index is 0.210. The third kappa shape index (κ3) is 3.85. The average molecular weight is 331 g/mol. The first-order chi connectivity index (χ1) is 11.1. The number of hydrogen-bond acceptors (Lipinski definition) is 6. The van der Waals surface area contributed by atoms with Crippen molar-refractivity contribution in [2.75, 3.05) is 32.6 Å². The van der Waals surface area contributed by atoms with Gasteiger partial charge in [-0.05, 0) is 31.6 Å². The molecule has 8 heteroatoms. The van der Waals surface area contributed by atoms with Gasteiger partial charge in [0.25, 0.3) is 5.91 Å². The summed E-state index contributed by atoms with van der Waals surface area (Å²) in [5.74, 6) is 0.787. The van der Waals surface area contributed by atoms with E-state index in [0.29, 0.717) is 17.1 Å². The SMILES string of the molecule is CN(C)CCOc1ccn2nc(NC(=O)c3cccs3)nc2c1. The number of anilines is 1. The molecule has 0 unspecified atom stereocenters. The van der Waals surface area contributed by atoms with Gasteiger partial charge in [-0.2, -0.15) is 4.98 Å². The van der Waals surface area contributed by atoms with Gasteiger partial charge in [0.2, 0.25) is 5.95 Å². The largest absolute Gasteiger partial charge is 0.492 e. The van der Waals surface area contributed by atoms with Crippen molar-refractivity contribution >= 4 is 28.8 Å². The van der Waals surface area contributed by atoms with E-state index >= 15 is 0 Å². The number of pyridine rings is 1. The topological polar surface area (TPSA) is 71.8 Å². The van der Waals surface area contributed by atoms with Crippen molar-refractivity contribution in [3.8, 4) is 5.75 Å². The van der Waals surface area contributed by atoms with Crippen LogP contribution < -0.4 is 10.1 Å². The Bertz CT molecular complexity index is 797. The summed E-state index contributed by atoms with van der Waals surface area (Å²) in [5.41, 5.74) is 0.619. The van der Waals surface area contributed by atoms with Crippen LogP contribution in [0.25, 0.3) is 5.65 Å². The highest BCUT2D eigenvalue weighted by molar-refractivity contribution is 7.12. The first kappa shape index (κ1) is 15.4. The molecule has 3 aromatic heterocycles. The number of fused-ring (bicyclic) bond motifs is 1. The second-order valence-corrected chi connectivity index (χ2v) is 6.13. The van der Waals surface area contributed by atoms with Crippen molar-refractivity contribution in [3.05, 3.63) is 40.7 Å². The van der Waals surface area contributed by atoms with Crippen LogP contribution in [0.4, 0.5) is 5.95 Å². The molecule has 0 saturated heterocycles. The van der Waals surface area contributed by atoms with Crippen LogP contribution >= 0.6 is 11.3 Å². The van der Waals surface area contributed by atoms with Gasteiger partial charge < -0.3 is 9.64 Å². The maximum Gasteiger partial charge on any atom is 0.268 e. The van der Waals surface area contributed by atoms with Gasteiger partial charge in [-0.3, -0.25) is 10.1 Å². The van der Waals surface area contributed by atoms with E-state index in [0.717, 1.165) is 12.3 Å². The Morgan fingerprint density at radius 2 is 2.30 bits per heavy atom. The van der Waals surface area contributed by atoms with Gasteiger partial charge in [0.15, 0.2) is 5.65 Å².